The van der Waals surface area contributed by atoms with Crippen molar-refractivity contribution in [1.82, 2.24) is 24.8 Å². The third-order valence-electron chi connectivity index (χ3n) is 7.02. The molecule has 2 aromatic heterocycles. The number of likely N-dealkylation sites (tertiary alicyclic amines) is 1. The lowest BCUT2D eigenvalue weighted by molar-refractivity contribution is 0.0460. The molecule has 2 N–H and O–H groups in total. The normalized spacial score (nSPS) is 19.7. The molecule has 1 fully saturated rings. The number of sulfonamides is 1. The van der Waals surface area contributed by atoms with E-state index in [1.165, 1.54) is 12.3 Å². The zero-order valence-corrected chi connectivity index (χ0v) is 23.1. The predicted molar refractivity (Wildman–Crippen MR) is 147 cm³/mol. The van der Waals surface area contributed by atoms with Crippen LogP contribution in [0.25, 0.3) is 0 Å². The Hall–Kier alpha value is -3.28. The van der Waals surface area contributed by atoms with Gasteiger partial charge in [-0.05, 0) is 62.6 Å². The van der Waals surface area contributed by atoms with Crippen LogP contribution in [0.3, 0.4) is 0 Å². The first-order chi connectivity index (χ1) is 18.1. The molecule has 200 valence electrons. The molecule has 0 bridgehead atoms. The molecular weight excluding hydrogens is 526 g/mol. The number of pyridine rings is 1. The lowest BCUT2D eigenvalue weighted by Gasteiger charge is -2.41. The van der Waals surface area contributed by atoms with Crippen LogP contribution in [0.1, 0.15) is 46.9 Å². The van der Waals surface area contributed by atoms with Crippen molar-refractivity contribution in [3.63, 3.8) is 0 Å². The molecule has 0 unspecified atom stereocenters. The summed E-state index contributed by atoms with van der Waals surface area (Å²) in [5.74, 6) is 0.568. The number of hydrogen-bond acceptors (Lipinski definition) is 8. The number of rotatable bonds is 6. The second kappa shape index (κ2) is 10.5. The molecule has 0 radical (unpaired) electrons. The van der Waals surface area contributed by atoms with Crippen molar-refractivity contribution >= 4 is 45.0 Å². The Balaban J connectivity index is 1.21. The number of nitrogens with one attached hydrogen (secondary N) is 2. The largest absolute Gasteiger partial charge is 0.336 e. The van der Waals surface area contributed by atoms with E-state index < -0.39 is 10.0 Å². The third-order valence-corrected chi connectivity index (χ3v) is 8.02. The summed E-state index contributed by atoms with van der Waals surface area (Å²) in [5.41, 5.74) is 4.42. The molecule has 1 saturated heterocycles. The van der Waals surface area contributed by atoms with Crippen molar-refractivity contribution in [3.05, 3.63) is 70.1 Å². The average Bonchev–Trinajstić information content (AvgIpc) is 3.28. The Morgan fingerprint density at radius 2 is 1.97 bits per heavy atom. The number of nitrogens with zero attached hydrogens (tertiary/aromatic N) is 5. The van der Waals surface area contributed by atoms with Gasteiger partial charge in [-0.25, -0.2) is 23.4 Å². The first-order valence-electron chi connectivity index (χ1n) is 12.4. The van der Waals surface area contributed by atoms with Crippen LogP contribution in [0, 0.1) is 6.92 Å². The number of amides is 1. The maximum absolute atomic E-state index is 13.2. The minimum absolute atomic E-state index is 0.0286. The van der Waals surface area contributed by atoms with Gasteiger partial charge in [0.25, 0.3) is 5.91 Å². The SMILES string of the molecule is Cc1cc(Nc2ncc3c(n2)CN([C@@H]2CCN(C(=O)c4ccnc(NS(C)(=O)=O)c4)[C@H](C)C2)C3)ccc1Cl. The molecule has 1 amide bonds. The molecule has 38 heavy (non-hydrogen) atoms. The molecule has 12 heteroatoms. The van der Waals surface area contributed by atoms with Gasteiger partial charge in [-0.2, -0.15) is 0 Å². The molecular formula is C26H30ClN7O3S. The van der Waals surface area contributed by atoms with E-state index in [9.17, 15) is 13.2 Å². The standard InChI is InChI=1S/C26H30ClN7O3S/c1-16-10-20(4-5-22(16)27)30-26-29-13-19-14-33(15-23(19)31-26)21-7-9-34(17(2)11-21)25(35)18-6-8-28-24(12-18)32-38(3,36)37/h4-6,8,10,12-13,17,21H,7,9,11,14-15H2,1-3H3,(H,28,32)(H,29,30,31)/t17-,21-/m1/s1. The van der Waals surface area contributed by atoms with E-state index in [0.29, 0.717) is 24.1 Å². The first-order valence-corrected chi connectivity index (χ1v) is 14.7. The zero-order valence-electron chi connectivity index (χ0n) is 21.5. The van der Waals surface area contributed by atoms with E-state index in [4.69, 9.17) is 16.6 Å². The number of carbonyl (C=O) groups is 1. The maximum Gasteiger partial charge on any atom is 0.254 e. The van der Waals surface area contributed by atoms with Crippen LogP contribution in [0.5, 0.6) is 0 Å². The summed E-state index contributed by atoms with van der Waals surface area (Å²) in [5, 5.41) is 3.99. The van der Waals surface area contributed by atoms with Crippen LogP contribution in [-0.4, -0.2) is 64.0 Å². The first kappa shape index (κ1) is 26.3. The van der Waals surface area contributed by atoms with Gasteiger partial charge in [-0.3, -0.25) is 14.4 Å². The summed E-state index contributed by atoms with van der Waals surface area (Å²) in [4.78, 5) is 30.8. The predicted octanol–water partition coefficient (Wildman–Crippen LogP) is 3.96. The van der Waals surface area contributed by atoms with Crippen molar-refractivity contribution in [1.29, 1.82) is 0 Å². The Labute approximate surface area is 227 Å². The minimum Gasteiger partial charge on any atom is -0.336 e. The molecule has 0 spiro atoms. The van der Waals surface area contributed by atoms with Gasteiger partial charge in [0.2, 0.25) is 16.0 Å². The van der Waals surface area contributed by atoms with Crippen LogP contribution in [0.2, 0.25) is 5.02 Å². The number of aromatic nitrogens is 3. The molecule has 2 atom stereocenters. The molecule has 2 aliphatic heterocycles. The third kappa shape index (κ3) is 5.90. The minimum atomic E-state index is -3.48. The summed E-state index contributed by atoms with van der Waals surface area (Å²) in [6, 6.07) is 9.17. The molecule has 3 aromatic rings. The number of aryl methyl sites for hydroxylation is 1. The van der Waals surface area contributed by atoms with E-state index >= 15 is 0 Å². The second-order valence-electron chi connectivity index (χ2n) is 9.99. The number of fused-ring (bicyclic) bond motifs is 1. The van der Waals surface area contributed by atoms with Crippen LogP contribution >= 0.6 is 11.6 Å². The van der Waals surface area contributed by atoms with E-state index in [0.717, 1.165) is 59.7 Å². The maximum atomic E-state index is 13.2. The topological polar surface area (TPSA) is 120 Å². The fourth-order valence-electron chi connectivity index (χ4n) is 5.10. The summed E-state index contributed by atoms with van der Waals surface area (Å²) >= 11 is 6.13. The van der Waals surface area contributed by atoms with Gasteiger partial charge in [0, 0.05) is 65.9 Å². The van der Waals surface area contributed by atoms with Crippen LogP contribution in [0.15, 0.2) is 42.7 Å². The van der Waals surface area contributed by atoms with E-state index in [-0.39, 0.29) is 17.8 Å². The number of halogens is 1. The van der Waals surface area contributed by atoms with Gasteiger partial charge in [0.1, 0.15) is 5.82 Å². The highest BCUT2D eigenvalue weighted by atomic mass is 35.5. The fourth-order valence-corrected chi connectivity index (χ4v) is 5.71. The van der Waals surface area contributed by atoms with E-state index in [2.05, 4.69) is 31.8 Å². The van der Waals surface area contributed by atoms with Gasteiger partial charge in [-0.1, -0.05) is 11.6 Å². The monoisotopic (exact) mass is 555 g/mol. The summed E-state index contributed by atoms with van der Waals surface area (Å²) in [6.45, 7) is 6.15. The molecule has 0 saturated carbocycles. The molecule has 1 aromatic carbocycles. The fraction of sp³-hybridized carbons (Fsp3) is 0.385. The van der Waals surface area contributed by atoms with Crippen LogP contribution in [-0.2, 0) is 23.1 Å². The zero-order chi connectivity index (χ0) is 27.0. The quantitative estimate of drug-likeness (QED) is 0.469. The smallest absolute Gasteiger partial charge is 0.254 e. The molecule has 4 heterocycles. The van der Waals surface area contributed by atoms with Crippen molar-refractivity contribution in [2.75, 3.05) is 22.8 Å². The van der Waals surface area contributed by atoms with Gasteiger partial charge in [-0.15, -0.1) is 0 Å². The highest BCUT2D eigenvalue weighted by molar-refractivity contribution is 7.92. The van der Waals surface area contributed by atoms with Gasteiger partial charge >= 0.3 is 0 Å². The van der Waals surface area contributed by atoms with Crippen molar-refractivity contribution < 1.29 is 13.2 Å². The Bertz CT molecular complexity index is 1480. The number of anilines is 3. The lowest BCUT2D eigenvalue weighted by atomic mass is 9.96. The second-order valence-corrected chi connectivity index (χ2v) is 12.1. The number of benzene rings is 1. The van der Waals surface area contributed by atoms with Crippen molar-refractivity contribution in [2.45, 2.75) is 51.9 Å². The lowest BCUT2D eigenvalue weighted by Crippen LogP contribution is -2.50. The summed E-state index contributed by atoms with van der Waals surface area (Å²) < 4.78 is 25.4. The van der Waals surface area contributed by atoms with Gasteiger partial charge in [0.15, 0.2) is 0 Å². The Morgan fingerprint density at radius 1 is 1.16 bits per heavy atom. The summed E-state index contributed by atoms with van der Waals surface area (Å²) in [6.07, 6.45) is 6.06. The average molecular weight is 556 g/mol. The molecule has 5 rings (SSSR count). The number of piperidine rings is 1. The molecule has 10 nitrogen and oxygen atoms in total. The Morgan fingerprint density at radius 3 is 2.71 bits per heavy atom. The highest BCUT2D eigenvalue weighted by Gasteiger charge is 2.35. The molecule has 0 aliphatic carbocycles. The number of hydrogen-bond donors (Lipinski definition) is 2. The summed E-state index contributed by atoms with van der Waals surface area (Å²) in [7, 11) is -3.48. The van der Waals surface area contributed by atoms with Crippen molar-refractivity contribution in [2.24, 2.45) is 0 Å². The van der Waals surface area contributed by atoms with E-state index in [1.807, 2.05) is 36.2 Å². The van der Waals surface area contributed by atoms with Gasteiger partial charge < -0.3 is 10.2 Å². The highest BCUT2D eigenvalue weighted by Crippen LogP contribution is 2.31. The molecule has 2 aliphatic rings. The Kier molecular flexibility index (Phi) is 7.26. The van der Waals surface area contributed by atoms with Crippen LogP contribution < -0.4 is 10.0 Å². The van der Waals surface area contributed by atoms with E-state index in [1.54, 1.807) is 6.07 Å². The van der Waals surface area contributed by atoms with Crippen LogP contribution in [0.4, 0.5) is 17.5 Å². The number of carbonyl (C=O) groups excluding carboxylic acids is 1. The van der Waals surface area contributed by atoms with Gasteiger partial charge in [0.05, 0.1) is 11.9 Å². The van der Waals surface area contributed by atoms with Crippen molar-refractivity contribution in [3.8, 4) is 0 Å².